The molecule has 0 atom stereocenters. The van der Waals surface area contributed by atoms with Gasteiger partial charge in [-0.05, 0) is 15.9 Å². The molecular weight excluding hydrogens is 246 g/mol. The second-order valence-corrected chi connectivity index (χ2v) is 3.44. The minimum atomic E-state index is 0.376. The molecule has 2 aromatic heterocycles. The van der Waals surface area contributed by atoms with E-state index in [4.69, 9.17) is 5.26 Å². The third-order valence-electron chi connectivity index (χ3n) is 1.76. The average Bonchev–Trinajstić information content (AvgIpc) is 2.59. The Morgan fingerprint density at radius 2 is 2.29 bits per heavy atom. The zero-order valence-electron chi connectivity index (χ0n) is 7.32. The van der Waals surface area contributed by atoms with Crippen molar-refractivity contribution in [3.05, 3.63) is 22.7 Å². The quantitative estimate of drug-likeness (QED) is 0.833. The Kier molecular flexibility index (Phi) is 2.09. The van der Waals surface area contributed by atoms with Crippen molar-refractivity contribution < 1.29 is 0 Å². The fourth-order valence-electron chi connectivity index (χ4n) is 1.19. The molecule has 0 fully saturated rings. The minimum absolute atomic E-state index is 0.376. The summed E-state index contributed by atoms with van der Waals surface area (Å²) < 4.78 is 2.44. The summed E-state index contributed by atoms with van der Waals surface area (Å²) in [5, 5.41) is 11.6. The van der Waals surface area contributed by atoms with Gasteiger partial charge < -0.3 is 5.32 Å². The Labute approximate surface area is 88.5 Å². The van der Waals surface area contributed by atoms with Crippen molar-refractivity contribution in [2.75, 3.05) is 12.4 Å². The van der Waals surface area contributed by atoms with Gasteiger partial charge in [-0.15, -0.1) is 0 Å². The molecule has 0 bridgehead atoms. The first-order valence-electron chi connectivity index (χ1n) is 3.87. The Bertz CT molecular complexity index is 524. The van der Waals surface area contributed by atoms with Crippen LogP contribution in [-0.2, 0) is 0 Å². The number of hydrogen-bond acceptors (Lipinski definition) is 4. The molecule has 2 aromatic rings. The summed E-state index contributed by atoms with van der Waals surface area (Å²) in [7, 11) is 1.76. The number of imidazole rings is 1. The smallest absolute Gasteiger partial charge is 0.181 e. The maximum absolute atomic E-state index is 8.69. The van der Waals surface area contributed by atoms with Crippen LogP contribution in [-0.4, -0.2) is 21.4 Å². The minimum Gasteiger partial charge on any atom is -0.370 e. The molecule has 5 nitrogen and oxygen atoms in total. The van der Waals surface area contributed by atoms with Crippen LogP contribution >= 0.6 is 15.9 Å². The highest BCUT2D eigenvalue weighted by molar-refractivity contribution is 9.10. The standard InChI is InChI=1S/C8H6BrN5/c1-11-7-8-12-5(2-10)3-14(8)4-6(9)13-7/h3-4H,1H3,(H,11,13). The van der Waals surface area contributed by atoms with Crippen LogP contribution in [0.1, 0.15) is 5.69 Å². The van der Waals surface area contributed by atoms with Crippen LogP contribution in [0, 0.1) is 11.3 Å². The van der Waals surface area contributed by atoms with Crippen LogP contribution in [0.2, 0.25) is 0 Å². The molecular formula is C8H6BrN5. The van der Waals surface area contributed by atoms with E-state index in [9.17, 15) is 0 Å². The van der Waals surface area contributed by atoms with Gasteiger partial charge in [0.25, 0.3) is 0 Å². The van der Waals surface area contributed by atoms with Gasteiger partial charge in [0, 0.05) is 19.4 Å². The summed E-state index contributed by atoms with van der Waals surface area (Å²) in [4.78, 5) is 8.28. The lowest BCUT2D eigenvalue weighted by Crippen LogP contribution is -1.97. The molecule has 14 heavy (non-hydrogen) atoms. The first-order chi connectivity index (χ1) is 6.74. The van der Waals surface area contributed by atoms with Crippen molar-refractivity contribution in [1.82, 2.24) is 14.4 Å². The number of nitriles is 1. The van der Waals surface area contributed by atoms with Crippen molar-refractivity contribution in [2.45, 2.75) is 0 Å². The average molecular weight is 252 g/mol. The fraction of sp³-hybridized carbons (Fsp3) is 0.125. The molecule has 0 spiro atoms. The highest BCUT2D eigenvalue weighted by atomic mass is 79.9. The molecule has 0 aliphatic heterocycles. The van der Waals surface area contributed by atoms with Gasteiger partial charge in [0.2, 0.25) is 0 Å². The molecule has 0 aliphatic carbocycles. The van der Waals surface area contributed by atoms with E-state index >= 15 is 0 Å². The molecule has 2 heterocycles. The van der Waals surface area contributed by atoms with E-state index in [1.807, 2.05) is 6.07 Å². The van der Waals surface area contributed by atoms with Gasteiger partial charge in [0.15, 0.2) is 17.2 Å². The normalized spacial score (nSPS) is 10.1. The third-order valence-corrected chi connectivity index (χ3v) is 2.14. The molecule has 0 saturated carbocycles. The Hall–Kier alpha value is -1.61. The van der Waals surface area contributed by atoms with Crippen LogP contribution < -0.4 is 5.32 Å². The van der Waals surface area contributed by atoms with E-state index in [-0.39, 0.29) is 0 Å². The summed E-state index contributed by atoms with van der Waals surface area (Å²) in [5.74, 6) is 0.640. The van der Waals surface area contributed by atoms with Crippen LogP contribution in [0.3, 0.4) is 0 Å². The molecule has 0 saturated heterocycles. The number of nitrogens with zero attached hydrogens (tertiary/aromatic N) is 4. The second-order valence-electron chi connectivity index (χ2n) is 2.63. The lowest BCUT2D eigenvalue weighted by atomic mass is 10.5. The number of hydrogen-bond donors (Lipinski definition) is 1. The maximum Gasteiger partial charge on any atom is 0.181 e. The van der Waals surface area contributed by atoms with Gasteiger partial charge in [-0.1, -0.05) is 0 Å². The van der Waals surface area contributed by atoms with Gasteiger partial charge in [-0.25, -0.2) is 9.97 Å². The number of anilines is 1. The van der Waals surface area contributed by atoms with Crippen molar-refractivity contribution in [3.63, 3.8) is 0 Å². The molecule has 6 heteroatoms. The summed E-state index contributed by atoms with van der Waals surface area (Å²) in [6.07, 6.45) is 3.41. The molecule has 1 N–H and O–H groups in total. The highest BCUT2D eigenvalue weighted by Crippen LogP contribution is 2.17. The monoisotopic (exact) mass is 251 g/mol. The van der Waals surface area contributed by atoms with Crippen LogP contribution in [0.5, 0.6) is 0 Å². The van der Waals surface area contributed by atoms with E-state index in [1.165, 1.54) is 0 Å². The predicted molar refractivity (Wildman–Crippen MR) is 54.9 cm³/mol. The Balaban J connectivity index is 2.79. The summed E-state index contributed by atoms with van der Waals surface area (Å²) in [5.41, 5.74) is 1.02. The SMILES string of the molecule is CNc1nc(Br)cn2cc(C#N)nc12. The van der Waals surface area contributed by atoms with Gasteiger partial charge >= 0.3 is 0 Å². The van der Waals surface area contributed by atoms with Crippen LogP contribution in [0.4, 0.5) is 5.82 Å². The van der Waals surface area contributed by atoms with Crippen LogP contribution in [0.15, 0.2) is 17.0 Å². The maximum atomic E-state index is 8.69. The van der Waals surface area contributed by atoms with Gasteiger partial charge in [0.1, 0.15) is 10.7 Å². The molecule has 0 aromatic carbocycles. The van der Waals surface area contributed by atoms with E-state index in [0.717, 1.165) is 0 Å². The van der Waals surface area contributed by atoms with E-state index in [0.29, 0.717) is 21.8 Å². The first kappa shape index (κ1) is 8.97. The topological polar surface area (TPSA) is 66.0 Å². The molecule has 0 radical (unpaired) electrons. The number of nitrogens with one attached hydrogen (secondary N) is 1. The fourth-order valence-corrected chi connectivity index (χ4v) is 1.59. The Morgan fingerprint density at radius 3 is 2.93 bits per heavy atom. The van der Waals surface area contributed by atoms with Gasteiger partial charge in [-0.3, -0.25) is 4.40 Å². The summed E-state index contributed by atoms with van der Waals surface area (Å²) in [6, 6.07) is 1.98. The number of halogens is 1. The van der Waals surface area contributed by atoms with Crippen molar-refractivity contribution in [2.24, 2.45) is 0 Å². The van der Waals surface area contributed by atoms with E-state index < -0.39 is 0 Å². The lowest BCUT2D eigenvalue weighted by molar-refractivity contribution is 1.10. The molecule has 70 valence electrons. The summed E-state index contributed by atoms with van der Waals surface area (Å²) in [6.45, 7) is 0. The van der Waals surface area contributed by atoms with Crippen molar-refractivity contribution in [3.8, 4) is 6.07 Å². The zero-order valence-corrected chi connectivity index (χ0v) is 8.91. The molecule has 0 aliphatic rings. The van der Waals surface area contributed by atoms with Gasteiger partial charge in [-0.2, -0.15) is 5.26 Å². The molecule has 2 rings (SSSR count). The predicted octanol–water partition coefficient (Wildman–Crippen LogP) is 1.41. The van der Waals surface area contributed by atoms with Gasteiger partial charge in [0.05, 0.1) is 0 Å². The zero-order chi connectivity index (χ0) is 10.1. The van der Waals surface area contributed by atoms with Crippen molar-refractivity contribution >= 4 is 27.4 Å². The summed E-state index contributed by atoms with van der Waals surface area (Å²) >= 11 is 3.27. The first-order valence-corrected chi connectivity index (χ1v) is 4.67. The lowest BCUT2D eigenvalue weighted by Gasteiger charge is -2.01. The second kappa shape index (κ2) is 3.27. The number of fused-ring (bicyclic) bond motifs is 1. The number of aromatic nitrogens is 3. The molecule has 0 amide bonds. The Morgan fingerprint density at radius 1 is 1.50 bits per heavy atom. The largest absolute Gasteiger partial charge is 0.370 e. The van der Waals surface area contributed by atoms with Crippen molar-refractivity contribution in [1.29, 1.82) is 5.26 Å². The van der Waals surface area contributed by atoms with E-state index in [1.54, 1.807) is 23.8 Å². The third kappa shape index (κ3) is 1.32. The highest BCUT2D eigenvalue weighted by Gasteiger charge is 2.07. The van der Waals surface area contributed by atoms with Crippen LogP contribution in [0.25, 0.3) is 5.65 Å². The van der Waals surface area contributed by atoms with E-state index in [2.05, 4.69) is 31.2 Å². The molecule has 0 unspecified atom stereocenters. The number of rotatable bonds is 1.